The molecule has 0 fully saturated rings. The average molecular weight is 456 g/mol. The Labute approximate surface area is 163 Å². The summed E-state index contributed by atoms with van der Waals surface area (Å²) in [4.78, 5) is 14.8. The molecule has 0 saturated carbocycles. The summed E-state index contributed by atoms with van der Waals surface area (Å²) in [6.07, 6.45) is 0. The van der Waals surface area contributed by atoms with E-state index in [0.29, 0.717) is 24.6 Å². The minimum Gasteiger partial charge on any atom is -0.497 e. The number of guanidine groups is 1. The van der Waals surface area contributed by atoms with E-state index in [-0.39, 0.29) is 34.6 Å². The molecule has 0 spiro atoms. The van der Waals surface area contributed by atoms with Crippen molar-refractivity contribution in [2.24, 2.45) is 4.99 Å². The Bertz CT molecular complexity index is 737. The van der Waals surface area contributed by atoms with E-state index in [4.69, 9.17) is 4.74 Å². The monoisotopic (exact) mass is 456 g/mol. The lowest BCUT2D eigenvalue weighted by Gasteiger charge is -2.12. The van der Waals surface area contributed by atoms with Gasteiger partial charge in [0.25, 0.3) is 5.69 Å². The van der Waals surface area contributed by atoms with Gasteiger partial charge in [0.05, 0.1) is 12.0 Å². The molecule has 0 radical (unpaired) electrons. The van der Waals surface area contributed by atoms with Crippen LogP contribution in [-0.4, -0.2) is 25.0 Å². The summed E-state index contributed by atoms with van der Waals surface area (Å²) in [5.74, 6) is 1.35. The van der Waals surface area contributed by atoms with Gasteiger partial charge in [0.15, 0.2) is 5.96 Å². The van der Waals surface area contributed by atoms with Crippen LogP contribution in [0.25, 0.3) is 0 Å². The molecular weight excluding hydrogens is 435 g/mol. The van der Waals surface area contributed by atoms with Crippen LogP contribution < -0.4 is 15.4 Å². The highest BCUT2D eigenvalue weighted by Crippen LogP contribution is 2.17. The van der Waals surface area contributed by atoms with Crippen LogP contribution in [0.3, 0.4) is 0 Å². The van der Waals surface area contributed by atoms with Gasteiger partial charge in [0.2, 0.25) is 0 Å². The summed E-state index contributed by atoms with van der Waals surface area (Å²) in [7, 11) is 3.28. The van der Waals surface area contributed by atoms with Crippen LogP contribution in [0.1, 0.15) is 11.1 Å². The fourth-order valence-electron chi connectivity index (χ4n) is 2.21. The molecule has 2 aromatic carbocycles. The van der Waals surface area contributed by atoms with Crippen LogP contribution in [0.15, 0.2) is 53.5 Å². The number of hydrogen-bond donors (Lipinski definition) is 2. The van der Waals surface area contributed by atoms with E-state index in [2.05, 4.69) is 15.6 Å². The van der Waals surface area contributed by atoms with E-state index in [9.17, 15) is 10.1 Å². The second kappa shape index (κ2) is 10.5. The second-order valence-corrected chi connectivity index (χ2v) is 5.02. The fraction of sp³-hybridized carbons (Fsp3) is 0.235. The quantitative estimate of drug-likeness (QED) is 0.229. The van der Waals surface area contributed by atoms with E-state index < -0.39 is 0 Å². The maximum absolute atomic E-state index is 11.0. The van der Waals surface area contributed by atoms with Crippen LogP contribution in [0.4, 0.5) is 5.69 Å². The predicted octanol–water partition coefficient (Wildman–Crippen LogP) is 3.09. The SMILES string of the molecule is CN=C(NCc1cccc(OC)c1)NCc1ccccc1[N+](=O)[O-].I. The van der Waals surface area contributed by atoms with Crippen LogP contribution >= 0.6 is 24.0 Å². The van der Waals surface area contributed by atoms with Crippen LogP contribution in [0.2, 0.25) is 0 Å². The molecule has 0 amide bonds. The first-order valence-corrected chi connectivity index (χ1v) is 7.43. The Balaban J connectivity index is 0.00000312. The summed E-state index contributed by atoms with van der Waals surface area (Å²) in [5.41, 5.74) is 1.74. The largest absolute Gasteiger partial charge is 0.497 e. The van der Waals surface area contributed by atoms with Crippen molar-refractivity contribution in [3.8, 4) is 5.75 Å². The minimum atomic E-state index is -0.385. The molecule has 0 saturated heterocycles. The number of nitrogens with zero attached hydrogens (tertiary/aromatic N) is 2. The molecule has 134 valence electrons. The fourth-order valence-corrected chi connectivity index (χ4v) is 2.21. The summed E-state index contributed by atoms with van der Waals surface area (Å²) in [6.45, 7) is 0.878. The number of nitro groups is 1. The predicted molar refractivity (Wildman–Crippen MR) is 109 cm³/mol. The smallest absolute Gasteiger partial charge is 0.274 e. The molecule has 0 aliphatic rings. The zero-order valence-corrected chi connectivity index (χ0v) is 16.4. The Hall–Kier alpha value is -2.36. The van der Waals surface area contributed by atoms with E-state index in [1.165, 1.54) is 6.07 Å². The molecule has 0 atom stereocenters. The number of methoxy groups -OCH3 is 1. The van der Waals surface area contributed by atoms with Gasteiger partial charge in [-0.3, -0.25) is 15.1 Å². The molecule has 0 unspecified atom stereocenters. The third kappa shape index (κ3) is 6.22. The minimum absolute atomic E-state index is 0. The van der Waals surface area contributed by atoms with Crippen molar-refractivity contribution in [3.63, 3.8) is 0 Å². The molecule has 0 aromatic heterocycles. The van der Waals surface area contributed by atoms with Crippen LogP contribution in [0, 0.1) is 10.1 Å². The first kappa shape index (κ1) is 20.7. The van der Waals surface area contributed by atoms with E-state index in [0.717, 1.165) is 11.3 Å². The summed E-state index contributed by atoms with van der Waals surface area (Å²) >= 11 is 0. The van der Waals surface area contributed by atoms with Gasteiger partial charge in [0, 0.05) is 31.8 Å². The maximum Gasteiger partial charge on any atom is 0.274 e. The van der Waals surface area contributed by atoms with E-state index in [1.54, 1.807) is 32.4 Å². The second-order valence-electron chi connectivity index (χ2n) is 5.02. The lowest BCUT2D eigenvalue weighted by atomic mass is 10.2. The lowest BCUT2D eigenvalue weighted by Crippen LogP contribution is -2.36. The van der Waals surface area contributed by atoms with Crippen molar-refractivity contribution in [2.45, 2.75) is 13.1 Å². The number of nitro benzene ring substituents is 1. The normalized spacial score (nSPS) is 10.6. The third-order valence-electron chi connectivity index (χ3n) is 3.45. The number of nitrogens with one attached hydrogen (secondary N) is 2. The zero-order valence-electron chi connectivity index (χ0n) is 14.1. The van der Waals surface area contributed by atoms with Crippen LogP contribution in [-0.2, 0) is 13.1 Å². The Morgan fingerprint density at radius 3 is 2.56 bits per heavy atom. The summed E-state index contributed by atoms with van der Waals surface area (Å²) in [5, 5.41) is 17.3. The Morgan fingerprint density at radius 2 is 1.88 bits per heavy atom. The number of hydrogen-bond acceptors (Lipinski definition) is 4. The number of para-hydroxylation sites is 1. The van der Waals surface area contributed by atoms with Gasteiger partial charge in [-0.15, -0.1) is 24.0 Å². The molecule has 7 nitrogen and oxygen atoms in total. The molecule has 2 rings (SSSR count). The zero-order chi connectivity index (χ0) is 17.4. The first-order valence-electron chi connectivity index (χ1n) is 7.43. The molecule has 2 aromatic rings. The molecule has 25 heavy (non-hydrogen) atoms. The molecule has 0 bridgehead atoms. The van der Waals surface area contributed by atoms with Gasteiger partial charge in [0.1, 0.15) is 5.75 Å². The maximum atomic E-state index is 11.0. The van der Waals surface area contributed by atoms with Gasteiger partial charge in [-0.25, -0.2) is 0 Å². The van der Waals surface area contributed by atoms with Crippen molar-refractivity contribution in [3.05, 3.63) is 69.8 Å². The van der Waals surface area contributed by atoms with Crippen molar-refractivity contribution < 1.29 is 9.66 Å². The average Bonchev–Trinajstić information content (AvgIpc) is 2.62. The molecular formula is C17H21IN4O3. The number of aliphatic imine (C=N–C) groups is 1. The van der Waals surface area contributed by atoms with Crippen LogP contribution in [0.5, 0.6) is 5.75 Å². The highest BCUT2D eigenvalue weighted by Gasteiger charge is 2.12. The molecule has 0 heterocycles. The van der Waals surface area contributed by atoms with Crippen molar-refractivity contribution in [2.75, 3.05) is 14.2 Å². The van der Waals surface area contributed by atoms with E-state index in [1.807, 2.05) is 24.3 Å². The third-order valence-corrected chi connectivity index (χ3v) is 3.45. The summed E-state index contributed by atoms with van der Waals surface area (Å²) < 4.78 is 5.19. The van der Waals surface area contributed by atoms with Crippen molar-refractivity contribution in [1.82, 2.24) is 10.6 Å². The lowest BCUT2D eigenvalue weighted by molar-refractivity contribution is -0.385. The van der Waals surface area contributed by atoms with Gasteiger partial charge >= 0.3 is 0 Å². The molecule has 2 N–H and O–H groups in total. The van der Waals surface area contributed by atoms with Crippen molar-refractivity contribution >= 4 is 35.6 Å². The number of benzene rings is 2. The standard InChI is InChI=1S/C17H20N4O3.HI/c1-18-17(19-11-13-6-5-8-15(10-13)24-2)20-12-14-7-3-4-9-16(14)21(22)23;/h3-10H,11-12H2,1-2H3,(H2,18,19,20);1H. The number of ether oxygens (including phenoxy) is 1. The van der Waals surface area contributed by atoms with E-state index >= 15 is 0 Å². The Kier molecular flexibility index (Phi) is 8.68. The van der Waals surface area contributed by atoms with Gasteiger partial charge in [-0.2, -0.15) is 0 Å². The van der Waals surface area contributed by atoms with Gasteiger partial charge < -0.3 is 15.4 Å². The number of rotatable bonds is 6. The number of halogens is 1. The van der Waals surface area contributed by atoms with Crippen molar-refractivity contribution in [1.29, 1.82) is 0 Å². The highest BCUT2D eigenvalue weighted by atomic mass is 127. The molecule has 0 aliphatic carbocycles. The van der Waals surface area contributed by atoms with Gasteiger partial charge in [-0.1, -0.05) is 30.3 Å². The summed E-state index contributed by atoms with van der Waals surface area (Å²) in [6, 6.07) is 14.3. The topological polar surface area (TPSA) is 88.8 Å². The Morgan fingerprint density at radius 1 is 1.16 bits per heavy atom. The first-order chi connectivity index (χ1) is 11.6. The van der Waals surface area contributed by atoms with Gasteiger partial charge in [-0.05, 0) is 17.7 Å². The highest BCUT2D eigenvalue weighted by molar-refractivity contribution is 14.0. The molecule has 8 heteroatoms. The molecule has 0 aliphatic heterocycles.